The van der Waals surface area contributed by atoms with E-state index in [1.807, 2.05) is 53.7 Å². The van der Waals surface area contributed by atoms with Crippen molar-refractivity contribution >= 4 is 25.2 Å². The zero-order chi connectivity index (χ0) is 31.1. The summed E-state index contributed by atoms with van der Waals surface area (Å²) in [6.45, 7) is 14.2. The number of alkyl halides is 6. The third-order valence-corrected chi connectivity index (χ3v) is 9.19. The summed E-state index contributed by atoms with van der Waals surface area (Å²) in [4.78, 5) is 26.2. The van der Waals surface area contributed by atoms with Crippen molar-refractivity contribution in [1.82, 2.24) is 0 Å². The lowest BCUT2D eigenvalue weighted by Gasteiger charge is -2.40. The van der Waals surface area contributed by atoms with Crippen LogP contribution in [-0.4, -0.2) is 43.2 Å². The van der Waals surface area contributed by atoms with Crippen molar-refractivity contribution in [1.29, 1.82) is 0 Å². The van der Waals surface area contributed by atoms with Gasteiger partial charge in [0.1, 0.15) is 0 Å². The SMILES string of the molecule is CC(C)(C)c1cc(C(C)(C)C)c(P2C=CC[C@@H](C(=O)OCC(F)(F)F)[C@@H]2C(=O)OCC(F)(F)F)c(C(C)(C)C)c1. The predicted molar refractivity (Wildman–Crippen MR) is 144 cm³/mol. The van der Waals surface area contributed by atoms with E-state index < -0.39 is 67.8 Å². The van der Waals surface area contributed by atoms with E-state index in [1.165, 1.54) is 0 Å². The van der Waals surface area contributed by atoms with E-state index in [0.717, 1.165) is 16.7 Å². The van der Waals surface area contributed by atoms with Crippen LogP contribution in [0, 0.1) is 5.92 Å². The topological polar surface area (TPSA) is 52.6 Å². The lowest BCUT2D eigenvalue weighted by Crippen LogP contribution is -2.43. The quantitative estimate of drug-likeness (QED) is 0.198. The maximum Gasteiger partial charge on any atom is 0.422 e. The molecule has 0 saturated carbocycles. The highest BCUT2D eigenvalue weighted by Crippen LogP contribution is 2.54. The summed E-state index contributed by atoms with van der Waals surface area (Å²) < 4.78 is 86.6. The first-order valence-electron chi connectivity index (χ1n) is 12.9. The highest BCUT2D eigenvalue weighted by molar-refractivity contribution is 7.70. The van der Waals surface area contributed by atoms with Gasteiger partial charge in [0.2, 0.25) is 0 Å². The van der Waals surface area contributed by atoms with Gasteiger partial charge in [-0.2, -0.15) is 26.3 Å². The number of esters is 2. The summed E-state index contributed by atoms with van der Waals surface area (Å²) in [5.41, 5.74) is -0.000842. The monoisotopic (exact) mass is 596 g/mol. The van der Waals surface area contributed by atoms with Gasteiger partial charge in [-0.05, 0) is 52.6 Å². The number of rotatable bonds is 5. The molecule has 1 unspecified atom stereocenters. The molecular formula is C29H39F6O4P. The number of carbonyl (C=O) groups excluding carboxylic acids is 2. The Morgan fingerprint density at radius 1 is 0.750 bits per heavy atom. The molecule has 1 aliphatic rings. The molecule has 0 aliphatic carbocycles. The molecule has 0 N–H and O–H groups in total. The van der Waals surface area contributed by atoms with E-state index >= 15 is 0 Å². The average molecular weight is 597 g/mol. The number of hydrogen-bond acceptors (Lipinski definition) is 4. The Kier molecular flexibility index (Phi) is 9.94. The van der Waals surface area contributed by atoms with Gasteiger partial charge in [-0.15, -0.1) is 0 Å². The standard InChI is InChI=1S/C29H39F6O4P/c1-25(2,3)17-13-19(26(4,5)6)22(20(14-17)27(7,8)9)40-12-10-11-18(23(36)38-15-28(30,31)32)21(40)24(37)39-16-29(33,34)35/h10,12-14,18,21H,11,15-16H2,1-9H3/t18-,21-,40?/m1/s1. The minimum absolute atomic E-state index is 0.170. The van der Waals surface area contributed by atoms with E-state index in [2.05, 4.69) is 30.2 Å². The van der Waals surface area contributed by atoms with Crippen molar-refractivity contribution in [2.45, 2.75) is 103 Å². The molecule has 0 spiro atoms. The molecule has 1 aromatic rings. The van der Waals surface area contributed by atoms with Gasteiger partial charge < -0.3 is 9.47 Å². The van der Waals surface area contributed by atoms with Gasteiger partial charge in [0.25, 0.3) is 0 Å². The number of hydrogen-bond donors (Lipinski definition) is 0. The van der Waals surface area contributed by atoms with Gasteiger partial charge in [0, 0.05) is 0 Å². The van der Waals surface area contributed by atoms with Crippen molar-refractivity contribution in [3.05, 3.63) is 40.7 Å². The van der Waals surface area contributed by atoms with Gasteiger partial charge in [-0.1, -0.05) is 86.3 Å². The van der Waals surface area contributed by atoms with Crippen LogP contribution < -0.4 is 5.30 Å². The third-order valence-electron chi connectivity index (χ3n) is 6.49. The molecule has 1 aliphatic heterocycles. The van der Waals surface area contributed by atoms with Crippen molar-refractivity contribution in [2.75, 3.05) is 13.2 Å². The van der Waals surface area contributed by atoms with Gasteiger partial charge in [0.05, 0.1) is 11.6 Å². The smallest absolute Gasteiger partial charge is 0.422 e. The van der Waals surface area contributed by atoms with Crippen LogP contribution in [-0.2, 0) is 35.3 Å². The minimum atomic E-state index is -4.82. The zero-order valence-electron chi connectivity index (χ0n) is 24.4. The second-order valence-corrected chi connectivity index (χ2v) is 15.3. The molecule has 0 radical (unpaired) electrons. The summed E-state index contributed by atoms with van der Waals surface area (Å²) in [7, 11) is -1.85. The molecule has 3 atom stereocenters. The molecular weight excluding hydrogens is 557 g/mol. The molecule has 40 heavy (non-hydrogen) atoms. The number of allylic oxidation sites excluding steroid dienone is 1. The second-order valence-electron chi connectivity index (χ2n) is 13.2. The van der Waals surface area contributed by atoms with Crippen molar-refractivity contribution in [2.24, 2.45) is 5.92 Å². The summed E-state index contributed by atoms with van der Waals surface area (Å²) in [5.74, 6) is -2.33. The highest BCUT2D eigenvalue weighted by Gasteiger charge is 2.47. The van der Waals surface area contributed by atoms with Crippen molar-refractivity contribution in [3.63, 3.8) is 0 Å². The number of benzene rings is 1. The van der Waals surface area contributed by atoms with Crippen LogP contribution in [0.15, 0.2) is 24.0 Å². The summed E-state index contributed by atoms with van der Waals surface area (Å²) in [6.07, 6.45) is -8.21. The Bertz CT molecular complexity index is 1080. The Labute approximate surface area is 233 Å². The lowest BCUT2D eigenvalue weighted by molar-refractivity contribution is -0.192. The number of carbonyl (C=O) groups is 2. The Hall–Kier alpha value is -2.09. The number of halogens is 6. The first-order valence-corrected chi connectivity index (χ1v) is 14.4. The fourth-order valence-electron chi connectivity index (χ4n) is 4.44. The van der Waals surface area contributed by atoms with Crippen LogP contribution in [0.1, 0.15) is 85.4 Å². The molecule has 0 fully saturated rings. The normalized spacial score (nSPS) is 20.8. The summed E-state index contributed by atoms with van der Waals surface area (Å²) >= 11 is 0. The van der Waals surface area contributed by atoms with Crippen molar-refractivity contribution < 1.29 is 45.4 Å². The van der Waals surface area contributed by atoms with Crippen molar-refractivity contribution in [3.8, 4) is 0 Å². The van der Waals surface area contributed by atoms with E-state index in [1.54, 1.807) is 11.9 Å². The second kappa shape index (κ2) is 11.7. The highest BCUT2D eigenvalue weighted by atomic mass is 31.1. The van der Waals surface area contributed by atoms with Gasteiger partial charge >= 0.3 is 24.3 Å². The largest absolute Gasteiger partial charge is 0.456 e. The summed E-state index contributed by atoms with van der Waals surface area (Å²) in [6, 6.07) is 4.04. The molecule has 0 bridgehead atoms. The molecule has 4 nitrogen and oxygen atoms in total. The Morgan fingerprint density at radius 3 is 1.55 bits per heavy atom. The van der Waals surface area contributed by atoms with E-state index in [0.29, 0.717) is 5.30 Å². The summed E-state index contributed by atoms with van der Waals surface area (Å²) in [5, 5.41) is 0.710. The van der Waals surface area contributed by atoms with Crippen LogP contribution >= 0.6 is 7.92 Å². The first kappa shape index (κ1) is 34.1. The van der Waals surface area contributed by atoms with E-state index in [9.17, 15) is 35.9 Å². The van der Waals surface area contributed by atoms with Crippen LogP contribution in [0.5, 0.6) is 0 Å². The molecule has 0 amide bonds. The first-order chi connectivity index (χ1) is 17.8. The van der Waals surface area contributed by atoms with Crippen LogP contribution in [0.25, 0.3) is 0 Å². The average Bonchev–Trinajstić information content (AvgIpc) is 2.76. The maximum absolute atomic E-state index is 13.3. The van der Waals surface area contributed by atoms with E-state index in [4.69, 9.17) is 0 Å². The maximum atomic E-state index is 13.3. The molecule has 1 aromatic carbocycles. The van der Waals surface area contributed by atoms with E-state index in [-0.39, 0.29) is 11.8 Å². The molecule has 11 heteroatoms. The fourth-order valence-corrected chi connectivity index (χ4v) is 7.69. The molecule has 2 rings (SSSR count). The fraction of sp³-hybridized carbons (Fsp3) is 0.655. The Balaban J connectivity index is 2.84. The molecule has 0 saturated heterocycles. The lowest BCUT2D eigenvalue weighted by atomic mass is 9.75. The molecule has 1 heterocycles. The minimum Gasteiger partial charge on any atom is -0.456 e. The van der Waals surface area contributed by atoms with Crippen LogP contribution in [0.3, 0.4) is 0 Å². The van der Waals surface area contributed by atoms with Gasteiger partial charge in [-0.25, -0.2) is 0 Å². The molecule has 226 valence electrons. The van der Waals surface area contributed by atoms with Gasteiger partial charge in [-0.3, -0.25) is 9.59 Å². The number of ether oxygens (including phenoxy) is 2. The molecule has 0 aromatic heterocycles. The predicted octanol–water partition coefficient (Wildman–Crippen LogP) is 7.80. The van der Waals surface area contributed by atoms with Crippen LogP contribution in [0.4, 0.5) is 26.3 Å². The van der Waals surface area contributed by atoms with Gasteiger partial charge in [0.15, 0.2) is 13.2 Å². The third kappa shape index (κ3) is 8.95. The van der Waals surface area contributed by atoms with Crippen LogP contribution in [0.2, 0.25) is 0 Å². The Morgan fingerprint density at radius 2 is 1.18 bits per heavy atom. The zero-order valence-corrected chi connectivity index (χ0v) is 25.3.